The highest BCUT2D eigenvalue weighted by Gasteiger charge is 2.42. The summed E-state index contributed by atoms with van der Waals surface area (Å²) in [5.74, 6) is -0.144. The summed E-state index contributed by atoms with van der Waals surface area (Å²) in [5.41, 5.74) is -1.80. The molecule has 1 N–H and O–H groups in total. The van der Waals surface area contributed by atoms with E-state index < -0.39 is 17.3 Å². The van der Waals surface area contributed by atoms with E-state index in [1.807, 2.05) is 6.92 Å². The molecule has 0 saturated heterocycles. The summed E-state index contributed by atoms with van der Waals surface area (Å²) >= 11 is 0. The highest BCUT2D eigenvalue weighted by molar-refractivity contribution is 5.97. The van der Waals surface area contributed by atoms with Gasteiger partial charge in [-0.2, -0.15) is 13.2 Å². The van der Waals surface area contributed by atoms with Crippen molar-refractivity contribution in [1.29, 1.82) is 0 Å². The quantitative estimate of drug-likeness (QED) is 0.761. The maximum absolute atomic E-state index is 13.2. The number of anilines is 1. The molecule has 0 unspecified atom stereocenters. The summed E-state index contributed by atoms with van der Waals surface area (Å²) in [6.07, 6.45) is -0.945. The van der Waals surface area contributed by atoms with Gasteiger partial charge in [0.05, 0.1) is 12.7 Å². The standard InChI is InChI=1S/C19H26F3NO3/c1-4-11-26-18(9-7-13(2)8-10-18)17(24)23-14-5-6-16(25-3)15(12-14)19(20,21)22/h5-6,12-13H,4,7-11H2,1-3H3,(H,23,24). The second kappa shape index (κ2) is 8.29. The summed E-state index contributed by atoms with van der Waals surface area (Å²) in [7, 11) is 1.18. The maximum Gasteiger partial charge on any atom is 0.420 e. The number of carbonyl (C=O) groups excluding carboxylic acids is 1. The number of carbonyl (C=O) groups is 1. The number of rotatable bonds is 6. The topological polar surface area (TPSA) is 47.6 Å². The molecule has 1 aliphatic rings. The Balaban J connectivity index is 2.23. The van der Waals surface area contributed by atoms with Gasteiger partial charge in [-0.3, -0.25) is 4.79 Å². The Morgan fingerprint density at radius 1 is 1.31 bits per heavy atom. The number of hydrogen-bond acceptors (Lipinski definition) is 3. The number of halogens is 3. The van der Waals surface area contributed by atoms with Gasteiger partial charge in [-0.25, -0.2) is 0 Å². The van der Waals surface area contributed by atoms with Crippen LogP contribution in [0.4, 0.5) is 18.9 Å². The molecule has 0 heterocycles. The second-order valence-electron chi connectivity index (χ2n) is 6.89. The molecule has 1 amide bonds. The molecule has 0 aromatic heterocycles. The minimum absolute atomic E-state index is 0.0845. The fourth-order valence-electron chi connectivity index (χ4n) is 3.22. The van der Waals surface area contributed by atoms with Crippen LogP contribution in [-0.4, -0.2) is 25.2 Å². The first kappa shape index (κ1) is 20.6. The Morgan fingerprint density at radius 2 is 1.96 bits per heavy atom. The molecule has 146 valence electrons. The van der Waals surface area contributed by atoms with Gasteiger partial charge in [-0.15, -0.1) is 0 Å². The van der Waals surface area contributed by atoms with Crippen molar-refractivity contribution in [2.45, 2.75) is 57.7 Å². The van der Waals surface area contributed by atoms with Crippen LogP contribution < -0.4 is 10.1 Å². The third-order valence-electron chi connectivity index (χ3n) is 4.84. The van der Waals surface area contributed by atoms with Crippen LogP contribution in [0.15, 0.2) is 18.2 Å². The number of ether oxygens (including phenoxy) is 2. The van der Waals surface area contributed by atoms with Crippen molar-refractivity contribution in [2.24, 2.45) is 5.92 Å². The first-order valence-electron chi connectivity index (χ1n) is 8.92. The molecule has 26 heavy (non-hydrogen) atoms. The van der Waals surface area contributed by atoms with E-state index >= 15 is 0 Å². The number of nitrogens with one attached hydrogen (secondary N) is 1. The van der Waals surface area contributed by atoms with Gasteiger partial charge >= 0.3 is 6.18 Å². The van der Waals surface area contributed by atoms with E-state index in [0.29, 0.717) is 25.4 Å². The zero-order valence-corrected chi connectivity index (χ0v) is 15.4. The van der Waals surface area contributed by atoms with Gasteiger partial charge in [0.2, 0.25) is 0 Å². The minimum atomic E-state index is -4.57. The third-order valence-corrected chi connectivity index (χ3v) is 4.84. The molecule has 1 fully saturated rings. The molecule has 7 heteroatoms. The Morgan fingerprint density at radius 3 is 2.50 bits per heavy atom. The van der Waals surface area contributed by atoms with Gasteiger partial charge in [-0.1, -0.05) is 13.8 Å². The predicted molar refractivity (Wildman–Crippen MR) is 93.2 cm³/mol. The number of methoxy groups -OCH3 is 1. The lowest BCUT2D eigenvalue weighted by Gasteiger charge is -2.38. The van der Waals surface area contributed by atoms with Crippen molar-refractivity contribution < 1.29 is 27.4 Å². The minimum Gasteiger partial charge on any atom is -0.496 e. The Labute approximate surface area is 152 Å². The van der Waals surface area contributed by atoms with Crippen molar-refractivity contribution in [2.75, 3.05) is 19.0 Å². The van der Waals surface area contributed by atoms with E-state index in [4.69, 9.17) is 9.47 Å². The van der Waals surface area contributed by atoms with Crippen LogP contribution in [0.2, 0.25) is 0 Å². The van der Waals surface area contributed by atoms with Crippen molar-refractivity contribution in [3.63, 3.8) is 0 Å². The lowest BCUT2D eigenvalue weighted by atomic mass is 9.78. The number of amides is 1. The maximum atomic E-state index is 13.2. The van der Waals surface area contributed by atoms with E-state index in [0.717, 1.165) is 25.3 Å². The molecule has 0 radical (unpaired) electrons. The Bertz CT molecular complexity index is 617. The molecule has 0 aliphatic heterocycles. The van der Waals surface area contributed by atoms with Crippen LogP contribution >= 0.6 is 0 Å². The lowest BCUT2D eigenvalue weighted by Crippen LogP contribution is -2.48. The normalized spacial score (nSPS) is 23.5. The second-order valence-corrected chi connectivity index (χ2v) is 6.89. The summed E-state index contributed by atoms with van der Waals surface area (Å²) in [5, 5.41) is 2.62. The zero-order valence-electron chi connectivity index (χ0n) is 15.4. The molecule has 4 nitrogen and oxygen atoms in total. The van der Waals surface area contributed by atoms with Crippen LogP contribution in [0.1, 0.15) is 51.5 Å². The van der Waals surface area contributed by atoms with Gasteiger partial charge in [-0.05, 0) is 56.2 Å². The van der Waals surface area contributed by atoms with E-state index in [-0.39, 0.29) is 17.3 Å². The molecule has 1 aliphatic carbocycles. The average molecular weight is 373 g/mol. The molecule has 2 rings (SSSR count). The van der Waals surface area contributed by atoms with Crippen LogP contribution in [0.3, 0.4) is 0 Å². The van der Waals surface area contributed by atoms with E-state index in [9.17, 15) is 18.0 Å². The summed E-state index contributed by atoms with van der Waals surface area (Å²) in [6.45, 7) is 4.52. The summed E-state index contributed by atoms with van der Waals surface area (Å²) in [6, 6.07) is 3.52. The van der Waals surface area contributed by atoms with Gasteiger partial charge in [0.1, 0.15) is 11.4 Å². The third kappa shape index (κ3) is 4.69. The number of benzene rings is 1. The van der Waals surface area contributed by atoms with Gasteiger partial charge in [0, 0.05) is 12.3 Å². The van der Waals surface area contributed by atoms with Crippen molar-refractivity contribution in [1.82, 2.24) is 0 Å². The number of hydrogen-bond donors (Lipinski definition) is 1. The molecule has 0 spiro atoms. The van der Waals surface area contributed by atoms with Crippen molar-refractivity contribution in [3.8, 4) is 5.75 Å². The van der Waals surface area contributed by atoms with E-state index in [1.54, 1.807) is 0 Å². The fraction of sp³-hybridized carbons (Fsp3) is 0.632. The van der Waals surface area contributed by atoms with Gasteiger partial charge in [0.25, 0.3) is 5.91 Å². The van der Waals surface area contributed by atoms with Crippen LogP contribution in [-0.2, 0) is 15.7 Å². The van der Waals surface area contributed by atoms with Crippen LogP contribution in [0, 0.1) is 5.92 Å². The first-order chi connectivity index (χ1) is 12.2. The van der Waals surface area contributed by atoms with Crippen molar-refractivity contribution in [3.05, 3.63) is 23.8 Å². The zero-order chi connectivity index (χ0) is 19.4. The van der Waals surface area contributed by atoms with Gasteiger partial charge < -0.3 is 14.8 Å². The number of alkyl halides is 3. The smallest absolute Gasteiger partial charge is 0.420 e. The predicted octanol–water partition coefficient (Wildman–Crippen LogP) is 5.03. The largest absolute Gasteiger partial charge is 0.496 e. The molecular weight excluding hydrogens is 347 g/mol. The molecule has 1 aromatic carbocycles. The van der Waals surface area contributed by atoms with Gasteiger partial charge in [0.15, 0.2) is 0 Å². The van der Waals surface area contributed by atoms with Crippen molar-refractivity contribution >= 4 is 11.6 Å². The average Bonchev–Trinajstić information content (AvgIpc) is 2.60. The molecule has 1 aromatic rings. The Hall–Kier alpha value is -1.76. The summed E-state index contributed by atoms with van der Waals surface area (Å²) < 4.78 is 50.2. The monoisotopic (exact) mass is 373 g/mol. The SMILES string of the molecule is CCCOC1(C(=O)Nc2ccc(OC)c(C(F)(F)F)c2)CCC(C)CC1. The first-order valence-corrected chi connectivity index (χ1v) is 8.92. The van der Waals surface area contributed by atoms with Crippen LogP contribution in [0.25, 0.3) is 0 Å². The highest BCUT2D eigenvalue weighted by atomic mass is 19.4. The summed E-state index contributed by atoms with van der Waals surface area (Å²) in [4.78, 5) is 12.9. The fourth-order valence-corrected chi connectivity index (χ4v) is 3.22. The molecular formula is C19H26F3NO3. The molecule has 0 atom stereocenters. The van der Waals surface area contributed by atoms with Crippen LogP contribution in [0.5, 0.6) is 5.75 Å². The Kier molecular flexibility index (Phi) is 6.55. The van der Waals surface area contributed by atoms with E-state index in [1.165, 1.54) is 19.2 Å². The highest BCUT2D eigenvalue weighted by Crippen LogP contribution is 2.39. The molecule has 0 bridgehead atoms. The molecule has 1 saturated carbocycles. The lowest BCUT2D eigenvalue weighted by molar-refractivity contribution is -0.147. The van der Waals surface area contributed by atoms with E-state index in [2.05, 4.69) is 12.2 Å².